The smallest absolute Gasteiger partial charge is 0.339 e. The SMILES string of the molecule is COC(=O)c1ccccc1NC(=O)/C=C\c1cccs1. The number of ether oxygens (including phenoxy) is 1. The van der Waals surface area contributed by atoms with E-state index in [1.165, 1.54) is 13.2 Å². The van der Waals surface area contributed by atoms with Crippen LogP contribution >= 0.6 is 11.3 Å². The molecular formula is C15H13NO3S. The van der Waals surface area contributed by atoms with Crippen LogP contribution in [-0.4, -0.2) is 19.0 Å². The molecule has 0 saturated heterocycles. The van der Waals surface area contributed by atoms with Crippen LogP contribution in [0.25, 0.3) is 6.08 Å². The van der Waals surface area contributed by atoms with Crippen LogP contribution in [0.5, 0.6) is 0 Å². The largest absolute Gasteiger partial charge is 0.465 e. The van der Waals surface area contributed by atoms with E-state index in [9.17, 15) is 9.59 Å². The van der Waals surface area contributed by atoms with Crippen molar-refractivity contribution in [2.24, 2.45) is 0 Å². The topological polar surface area (TPSA) is 55.4 Å². The van der Waals surface area contributed by atoms with E-state index in [4.69, 9.17) is 0 Å². The standard InChI is InChI=1S/C15H13NO3S/c1-19-15(18)12-6-2-3-7-13(12)16-14(17)9-8-11-5-4-10-20-11/h2-10H,1H3,(H,16,17)/b9-8-. The van der Waals surface area contributed by atoms with Crippen molar-refractivity contribution < 1.29 is 14.3 Å². The zero-order valence-electron chi connectivity index (χ0n) is 10.8. The van der Waals surface area contributed by atoms with E-state index in [0.29, 0.717) is 11.3 Å². The number of esters is 1. The van der Waals surface area contributed by atoms with Crippen LogP contribution in [0.3, 0.4) is 0 Å². The summed E-state index contributed by atoms with van der Waals surface area (Å²) in [7, 11) is 1.30. The van der Waals surface area contributed by atoms with Gasteiger partial charge in [-0.15, -0.1) is 11.3 Å². The molecule has 0 aliphatic rings. The average Bonchev–Trinajstić information content (AvgIpc) is 2.98. The Morgan fingerprint density at radius 1 is 1.20 bits per heavy atom. The Morgan fingerprint density at radius 3 is 2.70 bits per heavy atom. The second-order valence-electron chi connectivity index (χ2n) is 3.88. The minimum absolute atomic E-state index is 0.297. The summed E-state index contributed by atoms with van der Waals surface area (Å²) >= 11 is 1.54. The minimum atomic E-state index is -0.483. The fraction of sp³-hybridized carbons (Fsp3) is 0.0667. The molecule has 0 aliphatic carbocycles. The Balaban J connectivity index is 2.10. The van der Waals surface area contributed by atoms with Gasteiger partial charge in [-0.3, -0.25) is 4.79 Å². The van der Waals surface area contributed by atoms with Gasteiger partial charge in [0.05, 0.1) is 18.4 Å². The molecule has 1 N–H and O–H groups in total. The van der Waals surface area contributed by atoms with Crippen molar-refractivity contribution in [2.45, 2.75) is 0 Å². The van der Waals surface area contributed by atoms with Gasteiger partial charge in [0.15, 0.2) is 0 Å². The Bertz CT molecular complexity index is 632. The molecule has 1 heterocycles. The number of nitrogens with one attached hydrogen (secondary N) is 1. The molecule has 1 aromatic heterocycles. The van der Waals surface area contributed by atoms with Crippen molar-refractivity contribution in [3.05, 3.63) is 58.3 Å². The summed E-state index contributed by atoms with van der Waals surface area (Å²) in [5.74, 6) is -0.780. The van der Waals surface area contributed by atoms with Gasteiger partial charge in [-0.2, -0.15) is 0 Å². The number of para-hydroxylation sites is 1. The summed E-state index contributed by atoms with van der Waals surface area (Å²) in [6.07, 6.45) is 3.15. The number of benzene rings is 1. The normalized spacial score (nSPS) is 10.4. The number of amides is 1. The Labute approximate surface area is 120 Å². The molecular weight excluding hydrogens is 274 g/mol. The molecule has 0 radical (unpaired) electrons. The summed E-state index contributed by atoms with van der Waals surface area (Å²) in [6, 6.07) is 10.5. The highest BCUT2D eigenvalue weighted by atomic mass is 32.1. The number of anilines is 1. The molecule has 5 heteroatoms. The molecule has 1 aromatic carbocycles. The van der Waals surface area contributed by atoms with Crippen molar-refractivity contribution in [2.75, 3.05) is 12.4 Å². The summed E-state index contributed by atoms with van der Waals surface area (Å²) in [4.78, 5) is 24.4. The molecule has 0 saturated carbocycles. The fourth-order valence-corrected chi connectivity index (χ4v) is 2.22. The number of hydrogen-bond donors (Lipinski definition) is 1. The lowest BCUT2D eigenvalue weighted by molar-refractivity contribution is -0.111. The lowest BCUT2D eigenvalue weighted by atomic mass is 10.2. The molecule has 0 spiro atoms. The molecule has 4 nitrogen and oxygen atoms in total. The Morgan fingerprint density at radius 2 is 2.00 bits per heavy atom. The van der Waals surface area contributed by atoms with Crippen LogP contribution < -0.4 is 5.32 Å². The Hall–Kier alpha value is -2.40. The molecule has 0 bridgehead atoms. The fourth-order valence-electron chi connectivity index (χ4n) is 1.60. The second kappa shape index (κ2) is 6.68. The van der Waals surface area contributed by atoms with Crippen LogP contribution in [0.4, 0.5) is 5.69 Å². The maximum absolute atomic E-state index is 11.8. The van der Waals surface area contributed by atoms with Crippen molar-refractivity contribution in [3.8, 4) is 0 Å². The first-order chi connectivity index (χ1) is 9.70. The lowest BCUT2D eigenvalue weighted by Crippen LogP contribution is -2.12. The maximum Gasteiger partial charge on any atom is 0.339 e. The van der Waals surface area contributed by atoms with Gasteiger partial charge < -0.3 is 10.1 Å². The summed E-state index contributed by atoms with van der Waals surface area (Å²) in [5, 5.41) is 4.60. The molecule has 0 fully saturated rings. The van der Waals surface area contributed by atoms with E-state index in [2.05, 4.69) is 10.1 Å². The lowest BCUT2D eigenvalue weighted by Gasteiger charge is -2.07. The van der Waals surface area contributed by atoms with Crippen molar-refractivity contribution in [1.82, 2.24) is 0 Å². The van der Waals surface area contributed by atoms with Crippen molar-refractivity contribution >= 4 is 35.0 Å². The maximum atomic E-state index is 11.8. The molecule has 20 heavy (non-hydrogen) atoms. The quantitative estimate of drug-likeness (QED) is 0.694. The van der Waals surface area contributed by atoms with E-state index >= 15 is 0 Å². The minimum Gasteiger partial charge on any atom is -0.465 e. The number of rotatable bonds is 4. The molecule has 102 valence electrons. The third-order valence-electron chi connectivity index (χ3n) is 2.53. The summed E-state index contributed by atoms with van der Waals surface area (Å²) in [5.41, 5.74) is 0.757. The van der Waals surface area contributed by atoms with Crippen molar-refractivity contribution in [3.63, 3.8) is 0 Å². The number of thiophene rings is 1. The van der Waals surface area contributed by atoms with Gasteiger partial charge in [0, 0.05) is 11.0 Å². The average molecular weight is 287 g/mol. The molecule has 2 rings (SSSR count). The van der Waals surface area contributed by atoms with Crippen LogP contribution in [-0.2, 0) is 9.53 Å². The van der Waals surface area contributed by atoms with Gasteiger partial charge >= 0.3 is 5.97 Å². The number of hydrogen-bond acceptors (Lipinski definition) is 4. The van der Waals surface area contributed by atoms with E-state index in [-0.39, 0.29) is 5.91 Å². The highest BCUT2D eigenvalue weighted by Crippen LogP contribution is 2.16. The van der Waals surface area contributed by atoms with Gasteiger partial charge in [-0.25, -0.2) is 4.79 Å². The van der Waals surface area contributed by atoms with Gasteiger partial charge in [-0.05, 0) is 29.7 Å². The summed E-state index contributed by atoms with van der Waals surface area (Å²) < 4.78 is 4.67. The molecule has 1 amide bonds. The highest BCUT2D eigenvalue weighted by molar-refractivity contribution is 7.10. The number of methoxy groups -OCH3 is 1. The Kier molecular flexibility index (Phi) is 4.68. The van der Waals surface area contributed by atoms with Crippen LogP contribution in [0, 0.1) is 0 Å². The van der Waals surface area contributed by atoms with E-state index in [0.717, 1.165) is 4.88 Å². The van der Waals surface area contributed by atoms with E-state index < -0.39 is 5.97 Å². The van der Waals surface area contributed by atoms with Gasteiger partial charge in [0.1, 0.15) is 0 Å². The zero-order chi connectivity index (χ0) is 14.4. The van der Waals surface area contributed by atoms with Crippen LogP contribution in [0.15, 0.2) is 47.9 Å². The van der Waals surface area contributed by atoms with Gasteiger partial charge in [0.25, 0.3) is 0 Å². The van der Waals surface area contributed by atoms with E-state index in [1.54, 1.807) is 41.7 Å². The second-order valence-corrected chi connectivity index (χ2v) is 4.85. The summed E-state index contributed by atoms with van der Waals surface area (Å²) in [6.45, 7) is 0. The first kappa shape index (κ1) is 14.0. The third-order valence-corrected chi connectivity index (χ3v) is 3.37. The van der Waals surface area contributed by atoms with Crippen LogP contribution in [0.2, 0.25) is 0 Å². The van der Waals surface area contributed by atoms with Crippen molar-refractivity contribution in [1.29, 1.82) is 0 Å². The number of carbonyl (C=O) groups excluding carboxylic acids is 2. The third kappa shape index (κ3) is 3.55. The first-order valence-electron chi connectivity index (χ1n) is 5.90. The monoisotopic (exact) mass is 287 g/mol. The predicted molar refractivity (Wildman–Crippen MR) is 79.8 cm³/mol. The predicted octanol–water partition coefficient (Wildman–Crippen LogP) is 3.19. The van der Waals surface area contributed by atoms with Crippen LogP contribution in [0.1, 0.15) is 15.2 Å². The van der Waals surface area contributed by atoms with Gasteiger partial charge in [0.2, 0.25) is 5.91 Å². The highest BCUT2D eigenvalue weighted by Gasteiger charge is 2.11. The molecule has 0 aliphatic heterocycles. The first-order valence-corrected chi connectivity index (χ1v) is 6.78. The van der Waals surface area contributed by atoms with Gasteiger partial charge in [-0.1, -0.05) is 18.2 Å². The molecule has 2 aromatic rings. The molecule has 0 atom stereocenters. The molecule has 0 unspecified atom stereocenters. The number of carbonyl (C=O) groups is 2. The van der Waals surface area contributed by atoms with E-state index in [1.807, 2.05) is 17.5 Å². The zero-order valence-corrected chi connectivity index (χ0v) is 11.6.